The first kappa shape index (κ1) is 15.7. The van der Waals surface area contributed by atoms with Crippen LogP contribution in [0, 0.1) is 0 Å². The number of nitrogens with zero attached hydrogens (tertiary/aromatic N) is 4. The Morgan fingerprint density at radius 2 is 2.17 bits per heavy atom. The summed E-state index contributed by atoms with van der Waals surface area (Å²) in [4.78, 5) is 17.6. The molecule has 0 fully saturated rings. The van der Waals surface area contributed by atoms with Gasteiger partial charge in [-0.05, 0) is 0 Å². The molecule has 0 saturated heterocycles. The minimum absolute atomic E-state index is 0.0304. The second-order valence-electron chi connectivity index (χ2n) is 7.13. The molecule has 4 rings (SSSR count). The fourth-order valence-electron chi connectivity index (χ4n) is 3.37. The zero-order chi connectivity index (χ0) is 17.2. The molecule has 1 N–H and O–H groups in total. The summed E-state index contributed by atoms with van der Waals surface area (Å²) in [5, 5.41) is 10.1. The van der Waals surface area contributed by atoms with E-state index in [0.717, 1.165) is 27.7 Å². The molecule has 0 aliphatic carbocycles. The third-order valence-electron chi connectivity index (χ3n) is 4.37. The van der Waals surface area contributed by atoms with Crippen LogP contribution in [0.5, 0.6) is 0 Å². The maximum absolute atomic E-state index is 12.3. The third kappa shape index (κ3) is 2.18. The first-order valence-corrected chi connectivity index (χ1v) is 9.01. The summed E-state index contributed by atoms with van der Waals surface area (Å²) < 4.78 is 3.74. The number of imidazole rings is 1. The molecule has 6 nitrogen and oxygen atoms in total. The van der Waals surface area contributed by atoms with Gasteiger partial charge in [-0.25, -0.2) is 4.98 Å². The predicted octanol–water partition coefficient (Wildman–Crippen LogP) is 3.55. The Labute approximate surface area is 148 Å². The number of carbonyl (C=O) groups excluding carboxylic acids is 1. The lowest BCUT2D eigenvalue weighted by Gasteiger charge is -2.26. The highest BCUT2D eigenvalue weighted by molar-refractivity contribution is 7.15. The Morgan fingerprint density at radius 3 is 2.88 bits per heavy atom. The van der Waals surface area contributed by atoms with Crippen LogP contribution < -0.4 is 5.32 Å². The number of thiazole rings is 1. The molecule has 0 bridgehead atoms. The largest absolute Gasteiger partial charge is 0.311 e. The number of rotatable bonds is 1. The van der Waals surface area contributed by atoms with Gasteiger partial charge in [0.2, 0.25) is 5.91 Å². The molecule has 1 aliphatic heterocycles. The van der Waals surface area contributed by atoms with Crippen molar-refractivity contribution in [2.75, 3.05) is 5.32 Å². The fourth-order valence-corrected chi connectivity index (χ4v) is 4.44. The molecule has 0 aromatic carbocycles. The Balaban J connectivity index is 2.01. The number of fused-ring (bicyclic) bond motifs is 2. The van der Waals surface area contributed by atoms with Gasteiger partial charge in [-0.3, -0.25) is 13.9 Å². The van der Waals surface area contributed by atoms with Crippen LogP contribution in [0.3, 0.4) is 0 Å². The van der Waals surface area contributed by atoms with Crippen molar-refractivity contribution in [1.29, 1.82) is 0 Å². The van der Waals surface area contributed by atoms with E-state index in [1.54, 1.807) is 4.68 Å². The lowest BCUT2D eigenvalue weighted by molar-refractivity contribution is -0.116. The van der Waals surface area contributed by atoms with E-state index in [1.165, 1.54) is 11.3 Å². The standard InChI is InChI=1S/C16H18ClN5OS/c1-16(2,3)12-10-8(7-9(23)18-14(10)21(4)20-12)11-13(17)19-15-22(11)5-6-24-15/h5-6,8H,7H2,1-4H3,(H,18,23)/t8-/m1/s1. The SMILES string of the molecule is Cn1nc(C(C)(C)C)c2c1NC(=O)C[C@H]2c1c(Cl)nc2sccn12. The molecule has 3 aromatic rings. The number of nitrogens with one attached hydrogen (secondary N) is 1. The summed E-state index contributed by atoms with van der Waals surface area (Å²) >= 11 is 7.98. The zero-order valence-electron chi connectivity index (χ0n) is 13.9. The second kappa shape index (κ2) is 5.07. The van der Waals surface area contributed by atoms with Crippen LogP contribution in [0.15, 0.2) is 11.6 Å². The van der Waals surface area contributed by atoms with E-state index in [-0.39, 0.29) is 17.2 Å². The first-order valence-electron chi connectivity index (χ1n) is 7.75. The maximum Gasteiger partial charge on any atom is 0.226 e. The summed E-state index contributed by atoms with van der Waals surface area (Å²) in [5.41, 5.74) is 2.74. The molecule has 0 radical (unpaired) electrons. The van der Waals surface area contributed by atoms with Crippen molar-refractivity contribution < 1.29 is 4.79 Å². The molecule has 24 heavy (non-hydrogen) atoms. The van der Waals surface area contributed by atoms with Crippen LogP contribution in [-0.4, -0.2) is 25.1 Å². The number of aromatic nitrogens is 4. The van der Waals surface area contributed by atoms with Crippen molar-refractivity contribution in [2.45, 2.75) is 38.5 Å². The predicted molar refractivity (Wildman–Crippen MR) is 95.1 cm³/mol. The van der Waals surface area contributed by atoms with Gasteiger partial charge in [-0.1, -0.05) is 32.4 Å². The molecule has 4 heterocycles. The average molecular weight is 364 g/mol. The minimum atomic E-state index is -0.159. The Kier molecular flexibility index (Phi) is 3.30. The number of halogens is 1. The normalized spacial score (nSPS) is 18.0. The van der Waals surface area contributed by atoms with E-state index in [2.05, 4.69) is 36.2 Å². The van der Waals surface area contributed by atoms with Gasteiger partial charge in [-0.2, -0.15) is 5.10 Å². The topological polar surface area (TPSA) is 64.2 Å². The van der Waals surface area contributed by atoms with Gasteiger partial charge in [0.1, 0.15) is 5.82 Å². The molecule has 0 spiro atoms. The van der Waals surface area contributed by atoms with Crippen molar-refractivity contribution >= 4 is 39.6 Å². The number of carbonyl (C=O) groups is 1. The van der Waals surface area contributed by atoms with Crippen LogP contribution in [0.2, 0.25) is 5.15 Å². The molecule has 1 atom stereocenters. The Bertz CT molecular complexity index is 961. The fraction of sp³-hybridized carbons (Fsp3) is 0.438. The van der Waals surface area contributed by atoms with Gasteiger partial charge >= 0.3 is 0 Å². The van der Waals surface area contributed by atoms with E-state index >= 15 is 0 Å². The van der Waals surface area contributed by atoms with E-state index in [4.69, 9.17) is 11.6 Å². The molecule has 1 amide bonds. The number of hydrogen-bond donors (Lipinski definition) is 1. The molecular weight excluding hydrogens is 346 g/mol. The highest BCUT2D eigenvalue weighted by Gasteiger charge is 2.38. The second-order valence-corrected chi connectivity index (χ2v) is 8.36. The van der Waals surface area contributed by atoms with Gasteiger partial charge in [0.25, 0.3) is 0 Å². The molecule has 1 aliphatic rings. The van der Waals surface area contributed by atoms with Crippen LogP contribution in [0.25, 0.3) is 4.96 Å². The summed E-state index contributed by atoms with van der Waals surface area (Å²) in [7, 11) is 1.86. The van der Waals surface area contributed by atoms with Gasteiger partial charge in [0, 0.05) is 41.9 Å². The molecule has 8 heteroatoms. The number of amides is 1. The molecule has 0 saturated carbocycles. The van der Waals surface area contributed by atoms with E-state index in [0.29, 0.717) is 11.6 Å². The van der Waals surface area contributed by atoms with Gasteiger partial charge in [-0.15, -0.1) is 11.3 Å². The zero-order valence-corrected chi connectivity index (χ0v) is 15.5. The van der Waals surface area contributed by atoms with Crippen molar-refractivity contribution in [3.05, 3.63) is 33.7 Å². The van der Waals surface area contributed by atoms with Crippen molar-refractivity contribution in [2.24, 2.45) is 7.05 Å². The lowest BCUT2D eigenvalue weighted by atomic mass is 9.81. The third-order valence-corrected chi connectivity index (χ3v) is 5.41. The summed E-state index contributed by atoms with van der Waals surface area (Å²) in [6, 6.07) is 0. The van der Waals surface area contributed by atoms with Crippen LogP contribution in [-0.2, 0) is 17.3 Å². The maximum atomic E-state index is 12.3. The van der Waals surface area contributed by atoms with Gasteiger partial charge in [0.05, 0.1) is 11.4 Å². The van der Waals surface area contributed by atoms with Crippen molar-refractivity contribution in [3.63, 3.8) is 0 Å². The number of aryl methyl sites for hydroxylation is 1. The van der Waals surface area contributed by atoms with Crippen molar-refractivity contribution in [1.82, 2.24) is 19.2 Å². The summed E-state index contributed by atoms with van der Waals surface area (Å²) in [5.74, 6) is 0.563. The molecule has 0 unspecified atom stereocenters. The number of hydrogen-bond acceptors (Lipinski definition) is 4. The van der Waals surface area contributed by atoms with E-state index in [9.17, 15) is 4.79 Å². The molecular formula is C16H18ClN5OS. The van der Waals surface area contributed by atoms with Gasteiger partial charge < -0.3 is 5.32 Å². The van der Waals surface area contributed by atoms with Crippen LogP contribution >= 0.6 is 22.9 Å². The molecule has 126 valence electrons. The smallest absolute Gasteiger partial charge is 0.226 e. The highest BCUT2D eigenvalue weighted by Crippen LogP contribution is 2.44. The molecule has 3 aromatic heterocycles. The summed E-state index contributed by atoms with van der Waals surface area (Å²) in [6.45, 7) is 6.38. The highest BCUT2D eigenvalue weighted by atomic mass is 35.5. The van der Waals surface area contributed by atoms with Crippen molar-refractivity contribution in [3.8, 4) is 0 Å². The van der Waals surface area contributed by atoms with Crippen LogP contribution in [0.1, 0.15) is 50.1 Å². The Hall–Kier alpha value is -1.86. The minimum Gasteiger partial charge on any atom is -0.311 e. The van der Waals surface area contributed by atoms with Crippen LogP contribution in [0.4, 0.5) is 5.82 Å². The number of anilines is 1. The van der Waals surface area contributed by atoms with E-state index in [1.807, 2.05) is 23.0 Å². The monoisotopic (exact) mass is 363 g/mol. The Morgan fingerprint density at radius 1 is 1.42 bits per heavy atom. The van der Waals surface area contributed by atoms with Gasteiger partial charge in [0.15, 0.2) is 10.1 Å². The average Bonchev–Trinajstić information content (AvgIpc) is 3.11. The first-order chi connectivity index (χ1) is 11.3. The summed E-state index contributed by atoms with van der Waals surface area (Å²) in [6.07, 6.45) is 2.29. The quantitative estimate of drug-likeness (QED) is 0.719. The lowest BCUT2D eigenvalue weighted by Crippen LogP contribution is -2.27. The van der Waals surface area contributed by atoms with E-state index < -0.39 is 0 Å².